The lowest BCUT2D eigenvalue weighted by Gasteiger charge is -2.25. The highest BCUT2D eigenvalue weighted by Crippen LogP contribution is 2.41. The van der Waals surface area contributed by atoms with Crippen LogP contribution in [0.4, 0.5) is 0 Å². The third kappa shape index (κ3) is 9.71. The Morgan fingerprint density at radius 2 is 1.17 bits per heavy atom. The zero-order valence-corrected chi connectivity index (χ0v) is 31.6. The van der Waals surface area contributed by atoms with E-state index in [0.717, 1.165) is 72.2 Å². The number of ether oxygens (including phenoxy) is 5. The minimum atomic E-state index is 0. The van der Waals surface area contributed by atoms with Gasteiger partial charge in [-0.3, -0.25) is 19.8 Å². The fourth-order valence-corrected chi connectivity index (χ4v) is 5.91. The maximum absolute atomic E-state index is 5.58. The van der Waals surface area contributed by atoms with Crippen molar-refractivity contribution in [2.24, 2.45) is 0 Å². The van der Waals surface area contributed by atoms with E-state index in [0.29, 0.717) is 23.3 Å². The van der Waals surface area contributed by atoms with Gasteiger partial charge in [0.05, 0.1) is 46.9 Å². The van der Waals surface area contributed by atoms with Crippen LogP contribution in [0.25, 0.3) is 22.5 Å². The third-order valence-electron chi connectivity index (χ3n) is 8.37. The van der Waals surface area contributed by atoms with Crippen LogP contribution in [0.5, 0.6) is 28.7 Å². The van der Waals surface area contributed by atoms with Crippen LogP contribution in [-0.2, 0) is 13.1 Å². The molecule has 5 rings (SSSR count). The Labute approximate surface area is 308 Å². The van der Waals surface area contributed by atoms with Gasteiger partial charge in [-0.25, -0.2) is 0 Å². The summed E-state index contributed by atoms with van der Waals surface area (Å²) >= 11 is 0. The van der Waals surface area contributed by atoms with Crippen LogP contribution >= 0.6 is 49.6 Å². The fraction of sp³-hybridized carbons (Fsp3) is 0.371. The molecular weight excluding hydrogens is 698 g/mol. The molecule has 0 radical (unpaired) electrons. The van der Waals surface area contributed by atoms with Gasteiger partial charge >= 0.3 is 0 Å². The molecule has 1 fully saturated rings. The van der Waals surface area contributed by atoms with E-state index in [1.807, 2.05) is 43.6 Å². The molecule has 0 bridgehead atoms. The summed E-state index contributed by atoms with van der Waals surface area (Å²) in [5.74, 6) is 3.37. The summed E-state index contributed by atoms with van der Waals surface area (Å²) < 4.78 is 27.7. The van der Waals surface area contributed by atoms with E-state index < -0.39 is 0 Å². The van der Waals surface area contributed by atoms with Gasteiger partial charge < -0.3 is 23.7 Å². The summed E-state index contributed by atoms with van der Waals surface area (Å²) in [6.07, 6.45) is 4.87. The highest BCUT2D eigenvalue weighted by atomic mass is 35.5. The topological polar surface area (TPSA) is 78.4 Å². The summed E-state index contributed by atoms with van der Waals surface area (Å²) in [4.78, 5) is 14.2. The van der Waals surface area contributed by atoms with Gasteiger partial charge in [0.1, 0.15) is 11.5 Å². The molecule has 0 unspecified atom stereocenters. The van der Waals surface area contributed by atoms with Gasteiger partial charge in [-0.15, -0.1) is 49.6 Å². The van der Waals surface area contributed by atoms with Crippen LogP contribution in [0.3, 0.4) is 0 Å². The zero-order chi connectivity index (χ0) is 31.2. The molecule has 0 aliphatic carbocycles. The molecule has 1 aliphatic heterocycles. The highest BCUT2D eigenvalue weighted by molar-refractivity contribution is 5.86. The van der Waals surface area contributed by atoms with Crippen LogP contribution < -0.4 is 23.7 Å². The molecule has 0 saturated carbocycles. The molecule has 0 spiro atoms. The summed E-state index contributed by atoms with van der Waals surface area (Å²) in [5.41, 5.74) is 7.08. The minimum Gasteiger partial charge on any atom is -0.496 e. The molecular formula is C35H46Cl4N4O5. The van der Waals surface area contributed by atoms with Crippen molar-refractivity contribution < 1.29 is 23.7 Å². The van der Waals surface area contributed by atoms with Crippen molar-refractivity contribution in [2.75, 3.05) is 55.7 Å². The first kappa shape index (κ1) is 42.8. The number of methoxy groups -OCH3 is 5. The normalized spacial score (nSPS) is 13.7. The van der Waals surface area contributed by atoms with Gasteiger partial charge in [-0.2, -0.15) is 0 Å². The zero-order valence-electron chi connectivity index (χ0n) is 28.3. The quantitative estimate of drug-likeness (QED) is 0.146. The molecule has 0 amide bonds. The molecule has 1 saturated heterocycles. The SMILES string of the molecule is COc1cc(-c2cc(CN3CC[C@H](N(C)Cc4ccnc(-c5cc(OC)c(OC)c(OC)c5)c4)C3)ccn2)cc(OC)c1C.Cl.Cl.Cl.Cl. The van der Waals surface area contributed by atoms with E-state index in [4.69, 9.17) is 23.7 Å². The van der Waals surface area contributed by atoms with Crippen molar-refractivity contribution in [3.8, 4) is 51.3 Å². The van der Waals surface area contributed by atoms with Crippen LogP contribution in [0.15, 0.2) is 60.9 Å². The smallest absolute Gasteiger partial charge is 0.203 e. The van der Waals surface area contributed by atoms with E-state index in [2.05, 4.69) is 51.1 Å². The predicted molar refractivity (Wildman–Crippen MR) is 201 cm³/mol. The molecule has 1 atom stereocenters. The van der Waals surface area contributed by atoms with E-state index in [-0.39, 0.29) is 49.6 Å². The van der Waals surface area contributed by atoms with Crippen molar-refractivity contribution >= 4 is 49.6 Å². The molecule has 48 heavy (non-hydrogen) atoms. The summed E-state index contributed by atoms with van der Waals surface area (Å²) in [6.45, 7) is 5.75. The Kier molecular flexibility index (Phi) is 17.6. The molecule has 2 aromatic carbocycles. The van der Waals surface area contributed by atoms with E-state index >= 15 is 0 Å². The number of likely N-dealkylation sites (N-methyl/N-ethyl adjacent to an activating group) is 1. The highest BCUT2D eigenvalue weighted by Gasteiger charge is 2.26. The Balaban J connectivity index is 0.00000288. The van der Waals surface area contributed by atoms with Crippen molar-refractivity contribution in [1.82, 2.24) is 19.8 Å². The number of nitrogens with zero attached hydrogens (tertiary/aromatic N) is 4. The van der Waals surface area contributed by atoms with Crippen LogP contribution in [0.2, 0.25) is 0 Å². The predicted octanol–water partition coefficient (Wildman–Crippen LogP) is 7.56. The average molecular weight is 745 g/mol. The number of likely N-dealkylation sites (tertiary alicyclic amines) is 1. The van der Waals surface area contributed by atoms with Gasteiger partial charge in [0.2, 0.25) is 5.75 Å². The first-order chi connectivity index (χ1) is 21.4. The molecule has 13 heteroatoms. The number of rotatable bonds is 12. The first-order valence-electron chi connectivity index (χ1n) is 14.7. The van der Waals surface area contributed by atoms with E-state index in [1.54, 1.807) is 35.5 Å². The maximum Gasteiger partial charge on any atom is 0.203 e. The Hall–Kier alpha value is -3.18. The van der Waals surface area contributed by atoms with Gasteiger partial charge in [-0.1, -0.05) is 0 Å². The van der Waals surface area contributed by atoms with Crippen molar-refractivity contribution in [3.05, 3.63) is 77.6 Å². The molecule has 264 valence electrons. The molecule has 2 aromatic heterocycles. The van der Waals surface area contributed by atoms with Crippen LogP contribution in [-0.4, -0.2) is 81.5 Å². The first-order valence-corrected chi connectivity index (χ1v) is 14.7. The maximum atomic E-state index is 5.58. The molecule has 9 nitrogen and oxygen atoms in total. The third-order valence-corrected chi connectivity index (χ3v) is 8.37. The van der Waals surface area contributed by atoms with Crippen molar-refractivity contribution in [3.63, 3.8) is 0 Å². The van der Waals surface area contributed by atoms with Crippen LogP contribution in [0, 0.1) is 6.92 Å². The van der Waals surface area contributed by atoms with Crippen LogP contribution in [0.1, 0.15) is 23.1 Å². The number of hydrogen-bond acceptors (Lipinski definition) is 9. The van der Waals surface area contributed by atoms with E-state index in [9.17, 15) is 0 Å². The second-order valence-electron chi connectivity index (χ2n) is 11.1. The van der Waals surface area contributed by atoms with Gasteiger partial charge in [0.15, 0.2) is 11.5 Å². The number of hydrogen-bond donors (Lipinski definition) is 0. The standard InChI is InChI=1S/C35H42N4O5.4ClH/c1-23-31(40-3)16-26(17-32(23)41-4)30-15-25(9-12-37-30)21-39-13-10-28(22-39)38(2)20-24-8-11-36-29(14-24)27-18-33(42-5)35(44-7)34(19-27)43-6;;;;/h8-9,11-12,14-19,28H,10,13,20-22H2,1-7H3;4*1H/t28-;;;;/m0..../s1. The van der Waals surface area contributed by atoms with Gasteiger partial charge in [0.25, 0.3) is 0 Å². The minimum absolute atomic E-state index is 0. The Morgan fingerprint density at radius 3 is 1.67 bits per heavy atom. The molecule has 1 aliphatic rings. The lowest BCUT2D eigenvalue weighted by molar-refractivity contribution is 0.222. The Morgan fingerprint density at radius 1 is 0.688 bits per heavy atom. The van der Waals surface area contributed by atoms with Crippen molar-refractivity contribution in [2.45, 2.75) is 32.5 Å². The lowest BCUT2D eigenvalue weighted by Crippen LogP contribution is -2.34. The molecule has 4 aromatic rings. The number of pyridine rings is 2. The monoisotopic (exact) mass is 742 g/mol. The van der Waals surface area contributed by atoms with Gasteiger partial charge in [0, 0.05) is 61.3 Å². The number of benzene rings is 2. The molecule has 0 N–H and O–H groups in total. The van der Waals surface area contributed by atoms with Gasteiger partial charge in [-0.05, 0) is 80.1 Å². The summed E-state index contributed by atoms with van der Waals surface area (Å²) in [6, 6.07) is 16.9. The summed E-state index contributed by atoms with van der Waals surface area (Å²) in [5, 5.41) is 0. The second kappa shape index (κ2) is 19.7. The lowest BCUT2D eigenvalue weighted by atomic mass is 10.0. The molecule has 3 heterocycles. The Bertz CT molecular complexity index is 1560. The second-order valence-corrected chi connectivity index (χ2v) is 11.1. The van der Waals surface area contributed by atoms with Crippen molar-refractivity contribution in [1.29, 1.82) is 0 Å². The summed E-state index contributed by atoms with van der Waals surface area (Å²) in [7, 11) is 10.4. The fourth-order valence-electron chi connectivity index (χ4n) is 5.91. The number of aromatic nitrogens is 2. The van der Waals surface area contributed by atoms with E-state index in [1.165, 1.54) is 11.1 Å². The largest absolute Gasteiger partial charge is 0.496 e. The number of halogens is 4. The average Bonchev–Trinajstić information content (AvgIpc) is 3.53.